The zero-order valence-corrected chi connectivity index (χ0v) is 34.1. The van der Waals surface area contributed by atoms with Crippen LogP contribution in [-0.2, 0) is 10.0 Å². The third-order valence-corrected chi connectivity index (χ3v) is 13.2. The van der Waals surface area contributed by atoms with Crippen LogP contribution in [0.25, 0.3) is 16.5 Å². The Balaban J connectivity index is 1.01. The molecule has 14 heteroatoms. The number of sulfonamides is 1. The van der Waals surface area contributed by atoms with Gasteiger partial charge < -0.3 is 24.8 Å². The summed E-state index contributed by atoms with van der Waals surface area (Å²) in [6, 6.07) is 25.2. The number of allylic oxidation sites excluding steroid dienone is 1. The molecule has 5 aromatic rings. The van der Waals surface area contributed by atoms with E-state index in [-0.39, 0.29) is 27.9 Å². The number of nitrogens with one attached hydrogen (secondary N) is 3. The van der Waals surface area contributed by atoms with E-state index in [1.807, 2.05) is 54.7 Å². The van der Waals surface area contributed by atoms with E-state index in [1.165, 1.54) is 47.8 Å². The van der Waals surface area contributed by atoms with Crippen molar-refractivity contribution >= 4 is 61.1 Å². The Hall–Kier alpha value is -5.21. The Bertz CT molecular complexity index is 2440. The number of carbonyl (C=O) groups is 1. The monoisotopic (exact) mass is 821 g/mol. The molecule has 4 aromatic carbocycles. The first-order chi connectivity index (χ1) is 28.1. The summed E-state index contributed by atoms with van der Waals surface area (Å²) in [5.74, 6) is -0.127. The zero-order valence-electron chi connectivity index (χ0n) is 32.5. The third kappa shape index (κ3) is 8.92. The van der Waals surface area contributed by atoms with E-state index in [2.05, 4.69) is 54.1 Å². The smallest absolute Gasteiger partial charge is 0.268 e. The van der Waals surface area contributed by atoms with Crippen LogP contribution in [0.1, 0.15) is 54.4 Å². The van der Waals surface area contributed by atoms with Crippen molar-refractivity contribution in [2.75, 3.05) is 63.1 Å². The molecule has 2 fully saturated rings. The fourth-order valence-electron chi connectivity index (χ4n) is 8.30. The van der Waals surface area contributed by atoms with Crippen LogP contribution in [-0.4, -0.2) is 88.0 Å². The number of hydrogen-bond acceptors (Lipinski definition) is 10. The second-order valence-electron chi connectivity index (χ2n) is 15.5. The predicted molar refractivity (Wildman–Crippen MR) is 231 cm³/mol. The number of fused-ring (bicyclic) bond motifs is 1. The van der Waals surface area contributed by atoms with Crippen LogP contribution >= 0.6 is 11.6 Å². The van der Waals surface area contributed by atoms with Gasteiger partial charge >= 0.3 is 0 Å². The standard InChI is InChI=1S/C44H48ClN7O5S/c1-50-21-18-33(19-22-50)47-40-16-14-35(28-41(40)48-54)58(55,56)49-44(53)38-15-13-34(27-43(38)57-42-8-4-7-39-37(42)17-20-46-39)52-25-23-51(24-26-52)29-31-5-2-3-6-36(31)30-9-11-32(45)12-10-30/h4,7-17,20,27-28,33,46-47H,2-3,5-6,18-19,21-26,29H2,1H3,(H,49,53). The molecule has 0 bridgehead atoms. The SMILES string of the molecule is CN1CCC(Nc2ccc(S(=O)(=O)NC(=O)c3ccc(N4CCN(CC5=C(c6ccc(Cl)cc6)CCCC5)CC4)cc3Oc3cccc4[nH]ccc34)cc2N=O)CC1. The number of piperazine rings is 1. The van der Waals surface area contributed by atoms with Crippen LogP contribution in [0.5, 0.6) is 11.5 Å². The third-order valence-electron chi connectivity index (χ3n) is 11.6. The second-order valence-corrected chi connectivity index (χ2v) is 17.6. The number of benzene rings is 4. The van der Waals surface area contributed by atoms with Gasteiger partial charge in [0.2, 0.25) is 0 Å². The Kier molecular flexibility index (Phi) is 11.8. The van der Waals surface area contributed by atoms with Crippen LogP contribution in [0.4, 0.5) is 17.1 Å². The number of nitrogens with zero attached hydrogens (tertiary/aromatic N) is 4. The first-order valence-electron chi connectivity index (χ1n) is 20.0. The van der Waals surface area contributed by atoms with Crippen molar-refractivity contribution in [2.24, 2.45) is 5.18 Å². The van der Waals surface area contributed by atoms with E-state index >= 15 is 0 Å². The molecule has 3 aliphatic rings. The summed E-state index contributed by atoms with van der Waals surface area (Å²) in [5, 5.41) is 8.01. The van der Waals surface area contributed by atoms with Gasteiger partial charge in [-0.2, -0.15) is 0 Å². The van der Waals surface area contributed by atoms with Crippen molar-refractivity contribution in [3.05, 3.63) is 118 Å². The molecular formula is C44H48ClN7O5S. The highest BCUT2D eigenvalue weighted by Crippen LogP contribution is 2.37. The molecule has 58 heavy (non-hydrogen) atoms. The van der Waals surface area contributed by atoms with Gasteiger partial charge in [0, 0.05) is 72.6 Å². The lowest BCUT2D eigenvalue weighted by molar-refractivity contribution is 0.0979. The maximum absolute atomic E-state index is 13.9. The molecular weight excluding hydrogens is 774 g/mol. The highest BCUT2D eigenvalue weighted by molar-refractivity contribution is 7.90. The average Bonchev–Trinajstić information content (AvgIpc) is 3.73. The van der Waals surface area contributed by atoms with Gasteiger partial charge in [-0.25, -0.2) is 13.1 Å². The lowest BCUT2D eigenvalue weighted by Gasteiger charge is -2.37. The number of amides is 1. The number of hydrogen-bond donors (Lipinski definition) is 3. The highest BCUT2D eigenvalue weighted by atomic mass is 35.5. The van der Waals surface area contributed by atoms with Crippen molar-refractivity contribution in [1.82, 2.24) is 19.5 Å². The van der Waals surface area contributed by atoms with E-state index in [0.29, 0.717) is 11.4 Å². The number of aromatic nitrogens is 1. The number of halogens is 1. The number of likely N-dealkylation sites (tertiary alicyclic amines) is 1. The Morgan fingerprint density at radius 2 is 1.67 bits per heavy atom. The molecule has 3 heterocycles. The molecule has 1 amide bonds. The summed E-state index contributed by atoms with van der Waals surface area (Å²) in [6.45, 7) is 6.01. The predicted octanol–water partition coefficient (Wildman–Crippen LogP) is 8.79. The number of carbonyl (C=O) groups excluding carboxylic acids is 1. The molecule has 2 saturated heterocycles. The van der Waals surface area contributed by atoms with Crippen LogP contribution in [0.3, 0.4) is 0 Å². The average molecular weight is 822 g/mol. The minimum atomic E-state index is -4.40. The number of anilines is 2. The van der Waals surface area contributed by atoms with Gasteiger partial charge in [-0.3, -0.25) is 9.69 Å². The van der Waals surface area contributed by atoms with E-state index in [1.54, 1.807) is 6.07 Å². The Morgan fingerprint density at radius 3 is 2.45 bits per heavy atom. The number of piperidine rings is 1. The van der Waals surface area contributed by atoms with Crippen LogP contribution in [0.2, 0.25) is 5.02 Å². The van der Waals surface area contributed by atoms with Gasteiger partial charge in [0.15, 0.2) is 0 Å². The van der Waals surface area contributed by atoms with E-state index in [9.17, 15) is 18.1 Å². The molecule has 0 atom stereocenters. The maximum Gasteiger partial charge on any atom is 0.268 e. The largest absolute Gasteiger partial charge is 0.456 e. The van der Waals surface area contributed by atoms with Crippen LogP contribution in [0.15, 0.2) is 107 Å². The molecule has 0 spiro atoms. The van der Waals surface area contributed by atoms with Crippen molar-refractivity contribution in [3.63, 3.8) is 0 Å². The first kappa shape index (κ1) is 39.6. The second kappa shape index (κ2) is 17.3. The summed E-state index contributed by atoms with van der Waals surface area (Å²) in [5.41, 5.74) is 6.39. The zero-order chi connectivity index (χ0) is 40.2. The summed E-state index contributed by atoms with van der Waals surface area (Å²) in [4.78, 5) is 35.7. The molecule has 2 aliphatic heterocycles. The lowest BCUT2D eigenvalue weighted by Crippen LogP contribution is -2.47. The van der Waals surface area contributed by atoms with Gasteiger partial charge in [0.05, 0.1) is 16.1 Å². The number of ether oxygens (including phenoxy) is 1. The minimum absolute atomic E-state index is 0.0419. The fourth-order valence-corrected chi connectivity index (χ4v) is 9.42. The molecule has 8 rings (SSSR count). The van der Waals surface area contributed by atoms with Crippen LogP contribution < -0.4 is 19.7 Å². The maximum atomic E-state index is 13.9. The van der Waals surface area contributed by atoms with Gasteiger partial charge in [-0.05, 0) is 136 Å². The summed E-state index contributed by atoms with van der Waals surface area (Å²) >= 11 is 6.19. The summed E-state index contributed by atoms with van der Waals surface area (Å²) < 4.78 is 36.0. The Morgan fingerprint density at radius 1 is 0.897 bits per heavy atom. The van der Waals surface area contributed by atoms with Crippen molar-refractivity contribution < 1.29 is 17.9 Å². The van der Waals surface area contributed by atoms with Crippen molar-refractivity contribution in [3.8, 4) is 11.5 Å². The van der Waals surface area contributed by atoms with E-state index < -0.39 is 15.9 Å². The van der Waals surface area contributed by atoms with Gasteiger partial charge in [0.25, 0.3) is 15.9 Å². The van der Waals surface area contributed by atoms with Crippen molar-refractivity contribution in [1.29, 1.82) is 0 Å². The van der Waals surface area contributed by atoms with E-state index in [4.69, 9.17) is 16.3 Å². The molecule has 1 aliphatic carbocycles. The van der Waals surface area contributed by atoms with Gasteiger partial charge in [-0.15, -0.1) is 4.91 Å². The van der Waals surface area contributed by atoms with Crippen molar-refractivity contribution in [2.45, 2.75) is 49.5 Å². The molecule has 12 nitrogen and oxygen atoms in total. The number of H-pyrrole nitrogens is 1. The quantitative estimate of drug-likeness (QED) is 0.105. The molecule has 1 aromatic heterocycles. The van der Waals surface area contributed by atoms with E-state index in [0.717, 1.165) is 93.1 Å². The number of nitroso groups, excluding NO2 is 1. The lowest BCUT2D eigenvalue weighted by atomic mass is 9.87. The number of aromatic amines is 1. The Labute approximate surface area is 344 Å². The highest BCUT2D eigenvalue weighted by Gasteiger charge is 2.27. The molecule has 0 unspecified atom stereocenters. The molecule has 302 valence electrons. The molecule has 3 N–H and O–H groups in total. The van der Waals surface area contributed by atoms with Gasteiger partial charge in [-0.1, -0.05) is 35.4 Å². The normalized spacial score (nSPS) is 17.4. The first-order valence-corrected chi connectivity index (χ1v) is 21.8. The fraction of sp³-hybridized carbons (Fsp3) is 0.341. The summed E-state index contributed by atoms with van der Waals surface area (Å²) in [6.07, 6.45) is 8.15. The molecule has 0 saturated carbocycles. The topological polar surface area (TPSA) is 139 Å². The van der Waals surface area contributed by atoms with Gasteiger partial charge in [0.1, 0.15) is 17.2 Å². The number of rotatable bonds is 12. The summed E-state index contributed by atoms with van der Waals surface area (Å²) in [7, 11) is -2.34. The molecule has 0 radical (unpaired) electrons. The van der Waals surface area contributed by atoms with Crippen LogP contribution in [0, 0.1) is 4.91 Å². The minimum Gasteiger partial charge on any atom is -0.456 e.